The fraction of sp³-hybridized carbons (Fsp3) is 0.474. The molecule has 1 aliphatic rings. The summed E-state index contributed by atoms with van der Waals surface area (Å²) >= 11 is 0. The van der Waals surface area contributed by atoms with Gasteiger partial charge >= 0.3 is 0 Å². The average molecular weight is 311 g/mol. The van der Waals surface area contributed by atoms with E-state index >= 15 is 0 Å². The summed E-state index contributed by atoms with van der Waals surface area (Å²) in [5, 5.41) is 4.15. The molecule has 0 bridgehead atoms. The van der Waals surface area contributed by atoms with Crippen LogP contribution in [0.15, 0.2) is 30.3 Å². The van der Waals surface area contributed by atoms with Gasteiger partial charge in [-0.3, -0.25) is 4.79 Å². The van der Waals surface area contributed by atoms with Crippen molar-refractivity contribution in [3.8, 4) is 0 Å². The van der Waals surface area contributed by atoms with Gasteiger partial charge in [0.25, 0.3) is 0 Å². The molecule has 1 aromatic carbocycles. The van der Waals surface area contributed by atoms with Gasteiger partial charge in [-0.15, -0.1) is 0 Å². The van der Waals surface area contributed by atoms with Gasteiger partial charge in [0.1, 0.15) is 5.82 Å². The summed E-state index contributed by atoms with van der Waals surface area (Å²) < 4.78 is 0. The van der Waals surface area contributed by atoms with E-state index in [1.807, 2.05) is 30.3 Å². The van der Waals surface area contributed by atoms with Gasteiger partial charge in [-0.2, -0.15) is 0 Å². The Balaban J connectivity index is 1.53. The Morgan fingerprint density at radius 1 is 1.22 bits per heavy atom. The number of fused-ring (bicyclic) bond motifs is 1. The number of nitrogen functional groups attached to an aromatic ring is 1. The fourth-order valence-electron chi connectivity index (χ4n) is 3.36. The number of rotatable bonds is 5. The Bertz CT molecular complexity index is 677. The molecule has 23 heavy (non-hydrogen) atoms. The second kappa shape index (κ2) is 7.44. The Morgan fingerprint density at radius 2 is 2.00 bits per heavy atom. The summed E-state index contributed by atoms with van der Waals surface area (Å²) in [6.07, 6.45) is 7.57. The minimum absolute atomic E-state index is 0.114. The van der Waals surface area contributed by atoms with Crippen molar-refractivity contribution in [1.29, 1.82) is 0 Å². The number of nitrogens with two attached hydrogens (primary N) is 1. The lowest BCUT2D eigenvalue weighted by Gasteiger charge is -2.21. The first-order valence-corrected chi connectivity index (χ1v) is 8.63. The number of para-hydroxylation sites is 1. The molecule has 122 valence electrons. The highest BCUT2D eigenvalue weighted by molar-refractivity contribution is 5.82. The largest absolute Gasteiger partial charge is 0.383 e. The number of anilines is 1. The van der Waals surface area contributed by atoms with Crippen LogP contribution in [0.5, 0.6) is 0 Å². The zero-order valence-corrected chi connectivity index (χ0v) is 13.6. The van der Waals surface area contributed by atoms with E-state index in [0.29, 0.717) is 24.6 Å². The summed E-state index contributed by atoms with van der Waals surface area (Å²) in [7, 11) is 0. The first kappa shape index (κ1) is 15.8. The number of carbonyl (C=O) groups is 1. The maximum atomic E-state index is 12.1. The first-order chi connectivity index (χ1) is 11.2. The van der Waals surface area contributed by atoms with Gasteiger partial charge in [0.2, 0.25) is 5.91 Å². The van der Waals surface area contributed by atoms with Crippen LogP contribution in [0.2, 0.25) is 0 Å². The summed E-state index contributed by atoms with van der Waals surface area (Å²) in [5.74, 6) is 1.31. The van der Waals surface area contributed by atoms with E-state index in [1.54, 1.807) is 0 Å². The Kier molecular flexibility index (Phi) is 5.11. The van der Waals surface area contributed by atoms with Crippen LogP contribution in [-0.4, -0.2) is 17.4 Å². The van der Waals surface area contributed by atoms with Gasteiger partial charge in [-0.1, -0.05) is 37.5 Å². The Hall–Kier alpha value is -2.10. The lowest BCUT2D eigenvalue weighted by atomic mass is 9.89. The number of aromatic nitrogens is 1. The molecular formula is C19H25N3O. The molecule has 1 amide bonds. The molecule has 4 nitrogen and oxygen atoms in total. The standard InChI is InChI=1S/C19H25N3O/c20-19-16(12-15-8-4-5-9-17(15)22-19)10-11-18(23)21-13-14-6-2-1-3-7-14/h4-5,8-9,12,14H,1-3,6-7,10-11,13H2,(H2,20,22)(H,21,23). The molecular weight excluding hydrogens is 286 g/mol. The minimum Gasteiger partial charge on any atom is -0.383 e. The van der Waals surface area contributed by atoms with E-state index in [9.17, 15) is 4.79 Å². The van der Waals surface area contributed by atoms with Gasteiger partial charge in [-0.25, -0.2) is 4.98 Å². The number of pyridine rings is 1. The molecule has 1 fully saturated rings. The predicted molar refractivity (Wildman–Crippen MR) is 94.1 cm³/mol. The van der Waals surface area contributed by atoms with E-state index in [2.05, 4.69) is 10.3 Å². The number of benzene rings is 1. The van der Waals surface area contributed by atoms with Crippen LogP contribution in [0, 0.1) is 5.92 Å². The lowest BCUT2D eigenvalue weighted by molar-refractivity contribution is -0.121. The summed E-state index contributed by atoms with van der Waals surface area (Å²) in [6.45, 7) is 0.824. The summed E-state index contributed by atoms with van der Waals surface area (Å²) in [5.41, 5.74) is 7.87. The van der Waals surface area contributed by atoms with Crippen LogP contribution in [0.4, 0.5) is 5.82 Å². The van der Waals surface area contributed by atoms with Gasteiger partial charge in [0.15, 0.2) is 0 Å². The molecule has 1 saturated carbocycles. The molecule has 0 unspecified atom stereocenters. The van der Waals surface area contributed by atoms with Crippen molar-refractivity contribution in [2.24, 2.45) is 5.92 Å². The average Bonchev–Trinajstić information content (AvgIpc) is 2.59. The highest BCUT2D eigenvalue weighted by atomic mass is 16.1. The number of carbonyl (C=O) groups excluding carboxylic acids is 1. The maximum Gasteiger partial charge on any atom is 0.220 e. The molecule has 3 rings (SSSR count). The van der Waals surface area contributed by atoms with Crippen LogP contribution in [0.25, 0.3) is 10.9 Å². The van der Waals surface area contributed by atoms with Crippen LogP contribution in [-0.2, 0) is 11.2 Å². The smallest absolute Gasteiger partial charge is 0.220 e. The van der Waals surface area contributed by atoms with Crippen molar-refractivity contribution in [3.05, 3.63) is 35.9 Å². The van der Waals surface area contributed by atoms with Crippen molar-refractivity contribution in [2.45, 2.75) is 44.9 Å². The zero-order chi connectivity index (χ0) is 16.1. The molecule has 1 heterocycles. The van der Waals surface area contributed by atoms with E-state index in [4.69, 9.17) is 5.73 Å². The molecule has 0 saturated heterocycles. The van der Waals surface area contributed by atoms with Crippen LogP contribution in [0.1, 0.15) is 44.1 Å². The second-order valence-electron chi connectivity index (χ2n) is 6.53. The normalized spacial score (nSPS) is 15.7. The van der Waals surface area contributed by atoms with Gasteiger partial charge in [-0.05, 0) is 42.9 Å². The number of aryl methyl sites for hydroxylation is 1. The van der Waals surface area contributed by atoms with Crippen LogP contribution in [0.3, 0.4) is 0 Å². The minimum atomic E-state index is 0.114. The van der Waals surface area contributed by atoms with E-state index in [-0.39, 0.29) is 5.91 Å². The molecule has 1 aromatic heterocycles. The second-order valence-corrected chi connectivity index (χ2v) is 6.53. The van der Waals surface area contributed by atoms with Gasteiger partial charge in [0, 0.05) is 18.4 Å². The topological polar surface area (TPSA) is 68.0 Å². The molecule has 3 N–H and O–H groups in total. The zero-order valence-electron chi connectivity index (χ0n) is 13.6. The summed E-state index contributed by atoms with van der Waals surface area (Å²) in [6, 6.07) is 9.96. The quantitative estimate of drug-likeness (QED) is 0.888. The van der Waals surface area contributed by atoms with Gasteiger partial charge in [0.05, 0.1) is 5.52 Å². The number of amides is 1. The molecule has 0 spiro atoms. The molecule has 1 aliphatic carbocycles. The number of hydrogen-bond donors (Lipinski definition) is 2. The van der Waals surface area contributed by atoms with Crippen LogP contribution < -0.4 is 11.1 Å². The highest BCUT2D eigenvalue weighted by Crippen LogP contribution is 2.23. The molecule has 0 aliphatic heterocycles. The van der Waals surface area contributed by atoms with Crippen molar-refractivity contribution < 1.29 is 4.79 Å². The summed E-state index contributed by atoms with van der Waals surface area (Å²) in [4.78, 5) is 16.5. The van der Waals surface area contributed by atoms with Crippen molar-refractivity contribution in [3.63, 3.8) is 0 Å². The maximum absolute atomic E-state index is 12.1. The third-order valence-corrected chi connectivity index (χ3v) is 4.77. The fourth-order valence-corrected chi connectivity index (χ4v) is 3.36. The van der Waals surface area contributed by atoms with E-state index < -0.39 is 0 Å². The number of nitrogens with one attached hydrogen (secondary N) is 1. The first-order valence-electron chi connectivity index (χ1n) is 8.63. The van der Waals surface area contributed by atoms with E-state index in [0.717, 1.165) is 23.0 Å². The lowest BCUT2D eigenvalue weighted by Crippen LogP contribution is -2.30. The molecule has 0 radical (unpaired) electrons. The molecule has 0 atom stereocenters. The van der Waals surface area contributed by atoms with Crippen molar-refractivity contribution >= 4 is 22.6 Å². The monoisotopic (exact) mass is 311 g/mol. The third-order valence-electron chi connectivity index (χ3n) is 4.77. The van der Waals surface area contributed by atoms with Crippen molar-refractivity contribution in [1.82, 2.24) is 10.3 Å². The van der Waals surface area contributed by atoms with Gasteiger partial charge < -0.3 is 11.1 Å². The van der Waals surface area contributed by atoms with Crippen LogP contribution >= 0.6 is 0 Å². The predicted octanol–water partition coefficient (Wildman–Crippen LogP) is 3.45. The number of hydrogen-bond acceptors (Lipinski definition) is 3. The molecule has 4 heteroatoms. The Labute approximate surface area is 137 Å². The highest BCUT2D eigenvalue weighted by Gasteiger charge is 2.14. The van der Waals surface area contributed by atoms with E-state index in [1.165, 1.54) is 32.1 Å². The Morgan fingerprint density at radius 3 is 2.83 bits per heavy atom. The SMILES string of the molecule is Nc1nc2ccccc2cc1CCC(=O)NCC1CCCCC1. The number of nitrogens with zero attached hydrogens (tertiary/aromatic N) is 1. The molecule has 2 aromatic rings. The van der Waals surface area contributed by atoms with Crippen molar-refractivity contribution in [2.75, 3.05) is 12.3 Å². The third kappa shape index (κ3) is 4.21.